The predicted octanol–water partition coefficient (Wildman–Crippen LogP) is 0.709. The molecular formula is C13H22N2O2. The van der Waals surface area contributed by atoms with Crippen molar-refractivity contribution in [2.24, 2.45) is 0 Å². The quantitative estimate of drug-likeness (QED) is 0.655. The van der Waals surface area contributed by atoms with Crippen molar-refractivity contribution in [3.05, 3.63) is 29.8 Å². The monoisotopic (exact) mass is 238 g/mol. The van der Waals surface area contributed by atoms with Gasteiger partial charge in [0, 0.05) is 19.6 Å². The number of ether oxygens (including phenoxy) is 1. The van der Waals surface area contributed by atoms with Crippen molar-refractivity contribution < 1.29 is 9.84 Å². The van der Waals surface area contributed by atoms with Crippen molar-refractivity contribution >= 4 is 0 Å². The molecule has 0 spiro atoms. The van der Waals surface area contributed by atoms with Gasteiger partial charge < -0.3 is 20.1 Å². The molecule has 0 aliphatic heterocycles. The van der Waals surface area contributed by atoms with Gasteiger partial charge in [-0.25, -0.2) is 0 Å². The summed E-state index contributed by atoms with van der Waals surface area (Å²) < 4.78 is 5.64. The third-order valence-electron chi connectivity index (χ3n) is 2.32. The first kappa shape index (κ1) is 14.0. The van der Waals surface area contributed by atoms with Gasteiger partial charge in [0.15, 0.2) is 0 Å². The van der Waals surface area contributed by atoms with Crippen LogP contribution in [0, 0.1) is 0 Å². The lowest BCUT2D eigenvalue weighted by Crippen LogP contribution is -2.19. The first-order valence-corrected chi connectivity index (χ1v) is 5.90. The molecule has 0 aliphatic rings. The molecule has 0 saturated carbocycles. The van der Waals surface area contributed by atoms with Crippen LogP contribution in [0.1, 0.15) is 5.56 Å². The Labute approximate surface area is 103 Å². The van der Waals surface area contributed by atoms with E-state index in [0.29, 0.717) is 13.2 Å². The Morgan fingerprint density at radius 3 is 2.88 bits per heavy atom. The van der Waals surface area contributed by atoms with Crippen molar-refractivity contribution in [2.75, 3.05) is 40.4 Å². The van der Waals surface area contributed by atoms with E-state index in [2.05, 4.69) is 10.2 Å². The number of likely N-dealkylation sites (N-methyl/N-ethyl adjacent to an activating group) is 1. The molecule has 0 heterocycles. The molecule has 0 bridgehead atoms. The molecule has 0 unspecified atom stereocenters. The second-order valence-corrected chi connectivity index (χ2v) is 4.20. The zero-order valence-corrected chi connectivity index (χ0v) is 10.6. The molecule has 0 radical (unpaired) electrons. The number of hydrogen-bond donors (Lipinski definition) is 2. The summed E-state index contributed by atoms with van der Waals surface area (Å²) in [5, 5.41) is 11.8. The summed E-state index contributed by atoms with van der Waals surface area (Å²) in [5.41, 5.74) is 1.17. The van der Waals surface area contributed by atoms with Crippen LogP contribution in [0.15, 0.2) is 24.3 Å². The highest BCUT2D eigenvalue weighted by Gasteiger charge is 1.97. The van der Waals surface area contributed by atoms with Gasteiger partial charge in [-0.3, -0.25) is 0 Å². The molecule has 0 aromatic heterocycles. The molecule has 0 saturated heterocycles. The third-order valence-corrected chi connectivity index (χ3v) is 2.32. The number of hydrogen-bond acceptors (Lipinski definition) is 4. The number of aliphatic hydroxyl groups is 1. The number of nitrogens with zero attached hydrogens (tertiary/aromatic N) is 1. The van der Waals surface area contributed by atoms with Gasteiger partial charge in [0.05, 0.1) is 6.61 Å². The lowest BCUT2D eigenvalue weighted by atomic mass is 10.2. The molecule has 0 amide bonds. The van der Waals surface area contributed by atoms with E-state index in [1.807, 2.05) is 38.4 Å². The Balaban J connectivity index is 2.37. The van der Waals surface area contributed by atoms with Crippen molar-refractivity contribution in [3.63, 3.8) is 0 Å². The summed E-state index contributed by atoms with van der Waals surface area (Å²) in [6.07, 6.45) is 0. The van der Waals surface area contributed by atoms with Crippen LogP contribution in [-0.4, -0.2) is 50.4 Å². The molecule has 1 rings (SSSR count). The summed E-state index contributed by atoms with van der Waals surface area (Å²) in [6.45, 7) is 3.14. The second kappa shape index (κ2) is 8.06. The van der Waals surface area contributed by atoms with Gasteiger partial charge >= 0.3 is 0 Å². The Hall–Kier alpha value is -1.10. The van der Waals surface area contributed by atoms with Gasteiger partial charge in [0.25, 0.3) is 0 Å². The van der Waals surface area contributed by atoms with Gasteiger partial charge in [-0.05, 0) is 31.8 Å². The standard InChI is InChI=1S/C13H22N2O2/c1-15(2)7-9-17-13-5-3-4-12(10-13)11-14-6-8-16/h3-5,10,14,16H,6-9,11H2,1-2H3. The Morgan fingerprint density at radius 1 is 1.35 bits per heavy atom. The summed E-state index contributed by atoms with van der Waals surface area (Å²) in [4.78, 5) is 2.09. The van der Waals surface area contributed by atoms with E-state index < -0.39 is 0 Å². The minimum absolute atomic E-state index is 0.166. The van der Waals surface area contributed by atoms with Gasteiger partial charge in [0.1, 0.15) is 12.4 Å². The summed E-state index contributed by atoms with van der Waals surface area (Å²) in [7, 11) is 4.05. The van der Waals surface area contributed by atoms with Gasteiger partial charge in [0.2, 0.25) is 0 Å². The van der Waals surface area contributed by atoms with Gasteiger partial charge in [-0.15, -0.1) is 0 Å². The van der Waals surface area contributed by atoms with E-state index in [4.69, 9.17) is 9.84 Å². The van der Waals surface area contributed by atoms with E-state index >= 15 is 0 Å². The summed E-state index contributed by atoms with van der Waals surface area (Å²) in [5.74, 6) is 0.898. The highest BCUT2D eigenvalue weighted by molar-refractivity contribution is 5.28. The maximum Gasteiger partial charge on any atom is 0.119 e. The lowest BCUT2D eigenvalue weighted by Gasteiger charge is -2.11. The van der Waals surface area contributed by atoms with Crippen molar-refractivity contribution in [1.82, 2.24) is 10.2 Å². The number of aliphatic hydroxyl groups excluding tert-OH is 1. The fourth-order valence-corrected chi connectivity index (χ4v) is 1.40. The topological polar surface area (TPSA) is 44.7 Å². The molecule has 1 aromatic rings. The van der Waals surface area contributed by atoms with E-state index in [0.717, 1.165) is 18.8 Å². The molecule has 17 heavy (non-hydrogen) atoms. The van der Waals surface area contributed by atoms with Crippen LogP contribution in [0.5, 0.6) is 5.75 Å². The van der Waals surface area contributed by atoms with Crippen LogP contribution in [0.2, 0.25) is 0 Å². The maximum absolute atomic E-state index is 8.68. The van der Waals surface area contributed by atoms with Crippen molar-refractivity contribution in [1.29, 1.82) is 0 Å². The lowest BCUT2D eigenvalue weighted by molar-refractivity contribution is 0.261. The van der Waals surface area contributed by atoms with Crippen LogP contribution >= 0.6 is 0 Å². The molecule has 0 fully saturated rings. The van der Waals surface area contributed by atoms with Crippen LogP contribution in [0.4, 0.5) is 0 Å². The first-order valence-electron chi connectivity index (χ1n) is 5.90. The highest BCUT2D eigenvalue weighted by Crippen LogP contribution is 2.13. The summed E-state index contributed by atoms with van der Waals surface area (Å²) >= 11 is 0. The zero-order valence-electron chi connectivity index (χ0n) is 10.6. The van der Waals surface area contributed by atoms with E-state index in [-0.39, 0.29) is 6.61 Å². The first-order chi connectivity index (χ1) is 8.22. The third kappa shape index (κ3) is 6.26. The van der Waals surface area contributed by atoms with Crippen LogP contribution in [0.25, 0.3) is 0 Å². The van der Waals surface area contributed by atoms with Crippen LogP contribution < -0.4 is 10.1 Å². The SMILES string of the molecule is CN(C)CCOc1cccc(CNCCO)c1. The average Bonchev–Trinajstić information content (AvgIpc) is 2.29. The van der Waals surface area contributed by atoms with Crippen LogP contribution in [0.3, 0.4) is 0 Å². The van der Waals surface area contributed by atoms with E-state index in [9.17, 15) is 0 Å². The average molecular weight is 238 g/mol. The van der Waals surface area contributed by atoms with E-state index in [1.165, 1.54) is 5.56 Å². The smallest absolute Gasteiger partial charge is 0.119 e. The molecule has 2 N–H and O–H groups in total. The molecule has 1 aromatic carbocycles. The largest absolute Gasteiger partial charge is 0.492 e. The maximum atomic E-state index is 8.68. The molecule has 96 valence electrons. The predicted molar refractivity (Wildman–Crippen MR) is 69.3 cm³/mol. The summed E-state index contributed by atoms with van der Waals surface area (Å²) in [6, 6.07) is 8.02. The fourth-order valence-electron chi connectivity index (χ4n) is 1.40. The van der Waals surface area contributed by atoms with Crippen LogP contribution in [-0.2, 0) is 6.54 Å². The van der Waals surface area contributed by atoms with Crippen molar-refractivity contribution in [3.8, 4) is 5.75 Å². The Kier molecular flexibility index (Phi) is 6.62. The number of benzene rings is 1. The minimum atomic E-state index is 0.166. The fraction of sp³-hybridized carbons (Fsp3) is 0.538. The van der Waals surface area contributed by atoms with Gasteiger partial charge in [-0.2, -0.15) is 0 Å². The van der Waals surface area contributed by atoms with E-state index in [1.54, 1.807) is 0 Å². The molecule has 0 aliphatic carbocycles. The highest BCUT2D eigenvalue weighted by atomic mass is 16.5. The zero-order chi connectivity index (χ0) is 12.5. The normalized spacial score (nSPS) is 10.8. The Morgan fingerprint density at radius 2 is 2.18 bits per heavy atom. The number of rotatable bonds is 8. The molecule has 4 nitrogen and oxygen atoms in total. The molecule has 4 heteroatoms. The van der Waals surface area contributed by atoms with Crippen molar-refractivity contribution in [2.45, 2.75) is 6.54 Å². The number of nitrogens with one attached hydrogen (secondary N) is 1. The Bertz CT molecular complexity index is 316. The molecular weight excluding hydrogens is 216 g/mol. The second-order valence-electron chi connectivity index (χ2n) is 4.20. The van der Waals surface area contributed by atoms with Gasteiger partial charge in [-0.1, -0.05) is 12.1 Å². The molecule has 0 atom stereocenters. The minimum Gasteiger partial charge on any atom is -0.492 e.